The number of carbonyl (C=O) groups is 1. The first kappa shape index (κ1) is 24.6. The third-order valence-corrected chi connectivity index (χ3v) is 7.15. The summed E-state index contributed by atoms with van der Waals surface area (Å²) in [5.41, 5.74) is 8.72. The summed E-state index contributed by atoms with van der Waals surface area (Å²) >= 11 is 0. The van der Waals surface area contributed by atoms with Crippen molar-refractivity contribution in [3.05, 3.63) is 59.7 Å². The molecule has 0 radical (unpaired) electrons. The number of sulfonamides is 1. The van der Waals surface area contributed by atoms with Gasteiger partial charge in [-0.1, -0.05) is 12.1 Å². The molecule has 0 aliphatic rings. The van der Waals surface area contributed by atoms with Gasteiger partial charge in [0.05, 0.1) is 22.5 Å². The maximum absolute atomic E-state index is 14.4. The number of hydrogen-bond acceptors (Lipinski definition) is 5. The van der Waals surface area contributed by atoms with Gasteiger partial charge in [-0.3, -0.25) is 4.79 Å². The molecule has 2 aromatic heterocycles. The van der Waals surface area contributed by atoms with Crippen molar-refractivity contribution in [3.8, 4) is 11.1 Å². The molecule has 0 spiro atoms. The first-order valence-electron chi connectivity index (χ1n) is 10.3. The third-order valence-electron chi connectivity index (χ3n) is 5.34. The first-order valence-corrected chi connectivity index (χ1v) is 11.7. The number of nitrogens with two attached hydrogens (primary N) is 1. The van der Waals surface area contributed by atoms with Gasteiger partial charge in [0.2, 0.25) is 10.0 Å². The molecule has 0 aliphatic heterocycles. The van der Waals surface area contributed by atoms with E-state index in [1.54, 1.807) is 49.0 Å². The van der Waals surface area contributed by atoms with E-state index in [4.69, 9.17) is 5.73 Å². The summed E-state index contributed by atoms with van der Waals surface area (Å²) in [6, 6.07) is 9.84. The van der Waals surface area contributed by atoms with Crippen molar-refractivity contribution >= 4 is 27.0 Å². The summed E-state index contributed by atoms with van der Waals surface area (Å²) in [5, 5.41) is 0. The number of halogens is 1. The van der Waals surface area contributed by atoms with Gasteiger partial charge in [-0.25, -0.2) is 22.1 Å². The Morgan fingerprint density at radius 2 is 1.88 bits per heavy atom. The number of aromatic nitrogens is 2. The number of hydrogen-bond donors (Lipinski definition) is 1. The Labute approximate surface area is 193 Å². The normalized spacial score (nSPS) is 12.5. The Balaban J connectivity index is 2.32. The minimum absolute atomic E-state index is 0.0577. The SMILES string of the molecule is Cc1c(-c2cccc(S(=O)(=O)N(C)C)c2)c2nc(C(=O)N(C)C)ccc2n1C/C(F)=C/CN. The number of fused-ring (bicyclic) bond motifs is 1. The molecule has 8 nitrogen and oxygen atoms in total. The largest absolute Gasteiger partial charge is 0.343 e. The molecule has 33 heavy (non-hydrogen) atoms. The molecule has 0 bridgehead atoms. The lowest BCUT2D eigenvalue weighted by atomic mass is 10.0. The quantitative estimate of drug-likeness (QED) is 0.569. The van der Waals surface area contributed by atoms with Crippen LogP contribution in [0.25, 0.3) is 22.2 Å². The third kappa shape index (κ3) is 4.68. The Hall–Kier alpha value is -3.08. The average Bonchev–Trinajstić information content (AvgIpc) is 3.03. The minimum atomic E-state index is -3.66. The second kappa shape index (κ2) is 9.42. The highest BCUT2D eigenvalue weighted by Crippen LogP contribution is 2.35. The van der Waals surface area contributed by atoms with Gasteiger partial charge < -0.3 is 15.2 Å². The highest BCUT2D eigenvalue weighted by molar-refractivity contribution is 7.89. The standard InChI is InChI=1S/C23H28FN5O3S/c1-15-21(16-7-6-8-18(13-16)33(31,32)28(4)5)22-20(29(15)14-17(24)11-12-25)10-9-19(26-22)23(30)27(2)3/h6-11,13H,12,14,25H2,1-5H3/b17-11-. The maximum Gasteiger partial charge on any atom is 0.271 e. The van der Waals surface area contributed by atoms with E-state index in [9.17, 15) is 17.6 Å². The number of rotatable bonds is 7. The molecule has 2 N–H and O–H groups in total. The lowest BCUT2D eigenvalue weighted by Crippen LogP contribution is -2.22. The fraction of sp³-hybridized carbons (Fsp3) is 0.304. The van der Waals surface area contributed by atoms with E-state index in [-0.39, 0.29) is 29.6 Å². The molecule has 10 heteroatoms. The summed E-state index contributed by atoms with van der Waals surface area (Å²) in [5.74, 6) is -0.673. The van der Waals surface area contributed by atoms with Gasteiger partial charge in [0.25, 0.3) is 5.91 Å². The predicted molar refractivity (Wildman–Crippen MR) is 127 cm³/mol. The second-order valence-electron chi connectivity index (χ2n) is 8.01. The van der Waals surface area contributed by atoms with Gasteiger partial charge in [-0.05, 0) is 42.8 Å². The van der Waals surface area contributed by atoms with Crippen LogP contribution in [0.2, 0.25) is 0 Å². The zero-order valence-corrected chi connectivity index (χ0v) is 20.1. The van der Waals surface area contributed by atoms with Crippen LogP contribution in [0, 0.1) is 6.92 Å². The van der Waals surface area contributed by atoms with Crippen molar-refractivity contribution in [2.24, 2.45) is 5.73 Å². The Bertz CT molecular complexity index is 1340. The van der Waals surface area contributed by atoms with Gasteiger partial charge in [0, 0.05) is 46.0 Å². The van der Waals surface area contributed by atoms with E-state index in [0.717, 1.165) is 4.31 Å². The fourth-order valence-electron chi connectivity index (χ4n) is 3.60. The molecule has 1 amide bonds. The molecule has 1 aromatic carbocycles. The van der Waals surface area contributed by atoms with Gasteiger partial charge in [-0.2, -0.15) is 0 Å². The lowest BCUT2D eigenvalue weighted by molar-refractivity contribution is 0.0822. The zero-order chi connectivity index (χ0) is 24.5. The van der Waals surface area contributed by atoms with E-state index in [1.807, 2.05) is 6.92 Å². The van der Waals surface area contributed by atoms with E-state index in [0.29, 0.717) is 27.9 Å². The van der Waals surface area contributed by atoms with Crippen LogP contribution in [0.1, 0.15) is 16.2 Å². The number of nitrogens with zero attached hydrogens (tertiary/aromatic N) is 4. The van der Waals surface area contributed by atoms with Crippen LogP contribution in [0.4, 0.5) is 4.39 Å². The van der Waals surface area contributed by atoms with Crippen LogP contribution in [-0.4, -0.2) is 67.8 Å². The molecule has 0 fully saturated rings. The maximum atomic E-state index is 14.4. The first-order chi connectivity index (χ1) is 15.5. The molecular weight excluding hydrogens is 445 g/mol. The summed E-state index contributed by atoms with van der Waals surface area (Å²) in [6.07, 6.45) is 1.30. The molecule has 0 unspecified atom stereocenters. The topological polar surface area (TPSA) is 102 Å². The molecule has 0 aliphatic carbocycles. The average molecular weight is 474 g/mol. The number of carbonyl (C=O) groups excluding carboxylic acids is 1. The highest BCUT2D eigenvalue weighted by Gasteiger charge is 2.23. The number of benzene rings is 1. The Morgan fingerprint density at radius 1 is 1.18 bits per heavy atom. The molecule has 0 atom stereocenters. The van der Waals surface area contributed by atoms with Crippen LogP contribution >= 0.6 is 0 Å². The highest BCUT2D eigenvalue weighted by atomic mass is 32.2. The molecule has 3 aromatic rings. The van der Waals surface area contributed by atoms with E-state index in [2.05, 4.69) is 4.98 Å². The van der Waals surface area contributed by atoms with Crippen LogP contribution in [-0.2, 0) is 16.6 Å². The van der Waals surface area contributed by atoms with Crippen molar-refractivity contribution in [1.82, 2.24) is 18.8 Å². The lowest BCUT2D eigenvalue weighted by Gasteiger charge is -2.13. The Morgan fingerprint density at radius 3 is 2.48 bits per heavy atom. The van der Waals surface area contributed by atoms with Crippen LogP contribution < -0.4 is 5.73 Å². The van der Waals surface area contributed by atoms with Crippen LogP contribution in [0.3, 0.4) is 0 Å². The molecule has 0 saturated heterocycles. The van der Waals surface area contributed by atoms with Crippen molar-refractivity contribution in [2.75, 3.05) is 34.7 Å². The van der Waals surface area contributed by atoms with Gasteiger partial charge in [0.15, 0.2) is 0 Å². The van der Waals surface area contributed by atoms with Crippen LogP contribution in [0.5, 0.6) is 0 Å². The summed E-state index contributed by atoms with van der Waals surface area (Å²) in [4.78, 5) is 18.7. The number of amides is 1. The monoisotopic (exact) mass is 473 g/mol. The number of allylic oxidation sites excluding steroid dienone is 1. The van der Waals surface area contributed by atoms with Crippen molar-refractivity contribution in [3.63, 3.8) is 0 Å². The zero-order valence-electron chi connectivity index (χ0n) is 19.3. The van der Waals surface area contributed by atoms with Crippen molar-refractivity contribution in [2.45, 2.75) is 18.4 Å². The molecule has 0 saturated carbocycles. The minimum Gasteiger partial charge on any atom is -0.343 e. The van der Waals surface area contributed by atoms with Gasteiger partial charge in [0.1, 0.15) is 11.5 Å². The van der Waals surface area contributed by atoms with Crippen molar-refractivity contribution in [1.29, 1.82) is 0 Å². The predicted octanol–water partition coefficient (Wildman–Crippen LogP) is 2.78. The Kier molecular flexibility index (Phi) is 7.01. The number of pyridine rings is 1. The summed E-state index contributed by atoms with van der Waals surface area (Å²) in [6.45, 7) is 1.83. The summed E-state index contributed by atoms with van der Waals surface area (Å²) < 4.78 is 42.7. The van der Waals surface area contributed by atoms with Gasteiger partial charge >= 0.3 is 0 Å². The van der Waals surface area contributed by atoms with E-state index < -0.39 is 15.9 Å². The molecule has 176 valence electrons. The second-order valence-corrected chi connectivity index (χ2v) is 10.2. The molecule has 2 heterocycles. The smallest absolute Gasteiger partial charge is 0.271 e. The molecular formula is C23H28FN5O3S. The summed E-state index contributed by atoms with van der Waals surface area (Å²) in [7, 11) is 2.53. The molecule has 3 rings (SSSR count). The van der Waals surface area contributed by atoms with Crippen molar-refractivity contribution < 1.29 is 17.6 Å². The van der Waals surface area contributed by atoms with E-state index >= 15 is 0 Å². The van der Waals surface area contributed by atoms with E-state index in [1.165, 1.54) is 31.1 Å². The van der Waals surface area contributed by atoms with Crippen LogP contribution in [0.15, 0.2) is 53.2 Å². The fourth-order valence-corrected chi connectivity index (χ4v) is 4.55. The van der Waals surface area contributed by atoms with Gasteiger partial charge in [-0.15, -0.1) is 0 Å².